The Balaban J connectivity index is 1.72. The van der Waals surface area contributed by atoms with Crippen molar-refractivity contribution in [3.8, 4) is 0 Å². The fraction of sp³-hybridized carbons (Fsp3) is 0.353. The SMILES string of the molecule is O=c1cccc2n1C[C@H]1CC2CN(S(=O)(=O)c2cc(Cl)ccc2Cl)C1. The fourth-order valence-electron chi connectivity index (χ4n) is 3.86. The van der Waals surface area contributed by atoms with E-state index < -0.39 is 10.0 Å². The summed E-state index contributed by atoms with van der Waals surface area (Å²) in [6.45, 7) is 1.26. The Bertz CT molecular complexity index is 1000. The van der Waals surface area contributed by atoms with Crippen molar-refractivity contribution in [1.82, 2.24) is 8.87 Å². The highest BCUT2D eigenvalue weighted by Gasteiger charge is 2.40. The summed E-state index contributed by atoms with van der Waals surface area (Å²) in [5.74, 6) is 0.119. The highest BCUT2D eigenvalue weighted by Crippen LogP contribution is 2.38. The molecule has 3 heterocycles. The zero-order valence-electron chi connectivity index (χ0n) is 13.2. The minimum absolute atomic E-state index is 0.00846. The van der Waals surface area contributed by atoms with E-state index in [2.05, 4.69) is 0 Å². The van der Waals surface area contributed by atoms with Gasteiger partial charge in [-0.2, -0.15) is 4.31 Å². The highest BCUT2D eigenvalue weighted by atomic mass is 35.5. The van der Waals surface area contributed by atoms with E-state index in [0.717, 1.165) is 12.1 Å². The van der Waals surface area contributed by atoms with Gasteiger partial charge in [0.1, 0.15) is 4.90 Å². The molecular weight excluding hydrogens is 383 g/mol. The van der Waals surface area contributed by atoms with Crippen LogP contribution in [-0.4, -0.2) is 30.4 Å². The van der Waals surface area contributed by atoms with Gasteiger partial charge in [0.2, 0.25) is 10.0 Å². The average molecular weight is 399 g/mol. The molecule has 1 aromatic heterocycles. The first-order valence-electron chi connectivity index (χ1n) is 8.01. The molecule has 0 N–H and O–H groups in total. The molecular formula is C17H16Cl2N2O3S. The molecule has 25 heavy (non-hydrogen) atoms. The number of hydrogen-bond acceptors (Lipinski definition) is 3. The van der Waals surface area contributed by atoms with Crippen LogP contribution in [0.4, 0.5) is 0 Å². The summed E-state index contributed by atoms with van der Waals surface area (Å²) in [5, 5.41) is 0.494. The maximum atomic E-state index is 13.1. The number of benzene rings is 1. The second-order valence-corrected chi connectivity index (χ2v) is 9.34. The number of halogens is 2. The molecule has 0 spiro atoms. The van der Waals surface area contributed by atoms with Crippen molar-refractivity contribution in [2.45, 2.75) is 23.8 Å². The summed E-state index contributed by atoms with van der Waals surface area (Å²) in [4.78, 5) is 12.1. The van der Waals surface area contributed by atoms with Crippen LogP contribution in [0.3, 0.4) is 0 Å². The van der Waals surface area contributed by atoms with Crippen molar-refractivity contribution in [1.29, 1.82) is 0 Å². The third kappa shape index (κ3) is 2.91. The zero-order chi connectivity index (χ0) is 17.8. The number of piperidine rings is 1. The number of rotatable bonds is 2. The maximum Gasteiger partial charge on any atom is 0.250 e. The van der Waals surface area contributed by atoms with Gasteiger partial charge in [-0.05, 0) is 36.6 Å². The van der Waals surface area contributed by atoms with E-state index in [4.69, 9.17) is 23.2 Å². The molecule has 1 aromatic carbocycles. The van der Waals surface area contributed by atoms with Crippen molar-refractivity contribution in [3.63, 3.8) is 0 Å². The van der Waals surface area contributed by atoms with E-state index in [1.54, 1.807) is 22.8 Å². The van der Waals surface area contributed by atoms with Crippen molar-refractivity contribution >= 4 is 33.2 Å². The summed E-state index contributed by atoms with van der Waals surface area (Å²) in [7, 11) is -3.74. The van der Waals surface area contributed by atoms with Gasteiger partial charge in [0.15, 0.2) is 0 Å². The van der Waals surface area contributed by atoms with Crippen LogP contribution in [0.15, 0.2) is 46.1 Å². The summed E-state index contributed by atoms with van der Waals surface area (Å²) in [6, 6.07) is 9.64. The molecule has 1 saturated heterocycles. The Morgan fingerprint density at radius 3 is 2.64 bits per heavy atom. The van der Waals surface area contributed by atoms with Gasteiger partial charge in [0.25, 0.3) is 5.56 Å². The molecule has 4 rings (SSSR count). The number of pyridine rings is 1. The second-order valence-electron chi connectivity index (χ2n) is 6.59. The molecule has 2 aromatic rings. The average Bonchev–Trinajstić information content (AvgIpc) is 2.58. The standard InChI is InChI=1S/C17H16Cl2N2O3S/c18-13-4-5-14(19)16(7-13)25(23,24)20-8-11-6-12(10-20)15-2-1-3-17(22)21(15)9-11/h1-5,7,11-12H,6,8-10H2/t11-,12?/m0/s1. The van der Waals surface area contributed by atoms with Gasteiger partial charge in [0, 0.05) is 42.3 Å². The predicted octanol–water partition coefficient (Wildman–Crippen LogP) is 2.96. The Hall–Kier alpha value is -1.34. The first-order chi connectivity index (χ1) is 11.9. The van der Waals surface area contributed by atoms with Gasteiger partial charge in [0.05, 0.1) is 5.02 Å². The van der Waals surface area contributed by atoms with Crippen LogP contribution in [0.5, 0.6) is 0 Å². The minimum atomic E-state index is -3.74. The van der Waals surface area contributed by atoms with Crippen molar-refractivity contribution < 1.29 is 8.42 Å². The lowest BCUT2D eigenvalue weighted by Crippen LogP contribution is -2.49. The molecule has 2 aliphatic heterocycles. The van der Waals surface area contributed by atoms with Gasteiger partial charge >= 0.3 is 0 Å². The molecule has 0 radical (unpaired) electrons. The van der Waals surface area contributed by atoms with Gasteiger partial charge in [-0.25, -0.2) is 8.42 Å². The Morgan fingerprint density at radius 1 is 1.04 bits per heavy atom. The van der Waals surface area contributed by atoms with Crippen LogP contribution in [0.1, 0.15) is 18.0 Å². The van der Waals surface area contributed by atoms with Crippen LogP contribution < -0.4 is 5.56 Å². The molecule has 132 valence electrons. The van der Waals surface area contributed by atoms with Crippen molar-refractivity contribution in [3.05, 3.63) is 62.5 Å². The van der Waals surface area contributed by atoms with Crippen molar-refractivity contribution in [2.75, 3.05) is 13.1 Å². The Morgan fingerprint density at radius 2 is 1.84 bits per heavy atom. The molecule has 0 saturated carbocycles. The molecule has 2 aliphatic rings. The van der Waals surface area contributed by atoms with Crippen LogP contribution in [0, 0.1) is 5.92 Å². The number of sulfonamides is 1. The van der Waals surface area contributed by atoms with Crippen LogP contribution >= 0.6 is 23.2 Å². The Kier molecular flexibility index (Phi) is 4.19. The first-order valence-corrected chi connectivity index (χ1v) is 10.2. The topological polar surface area (TPSA) is 59.4 Å². The molecule has 1 unspecified atom stereocenters. The lowest BCUT2D eigenvalue weighted by Gasteiger charge is -2.42. The summed E-state index contributed by atoms with van der Waals surface area (Å²) in [5.41, 5.74) is 0.877. The van der Waals surface area contributed by atoms with E-state index in [1.165, 1.54) is 16.4 Å². The van der Waals surface area contributed by atoms with Crippen LogP contribution in [-0.2, 0) is 16.6 Å². The molecule has 0 aliphatic carbocycles. The minimum Gasteiger partial charge on any atom is -0.312 e. The summed E-state index contributed by atoms with van der Waals surface area (Å²) in [6.07, 6.45) is 0.888. The van der Waals surface area contributed by atoms with E-state index >= 15 is 0 Å². The number of nitrogens with zero attached hydrogens (tertiary/aromatic N) is 2. The van der Waals surface area contributed by atoms with Crippen LogP contribution in [0.2, 0.25) is 10.0 Å². The molecule has 2 bridgehead atoms. The number of aromatic nitrogens is 1. The summed E-state index contributed by atoms with van der Waals surface area (Å²) >= 11 is 12.1. The molecule has 5 nitrogen and oxygen atoms in total. The second kappa shape index (κ2) is 6.13. The fourth-order valence-corrected chi connectivity index (χ4v) is 6.16. The molecule has 1 fully saturated rings. The van der Waals surface area contributed by atoms with E-state index in [9.17, 15) is 13.2 Å². The summed E-state index contributed by atoms with van der Waals surface area (Å²) < 4.78 is 29.4. The van der Waals surface area contributed by atoms with Crippen molar-refractivity contribution in [2.24, 2.45) is 5.92 Å². The monoisotopic (exact) mass is 398 g/mol. The highest BCUT2D eigenvalue weighted by molar-refractivity contribution is 7.89. The van der Waals surface area contributed by atoms with Gasteiger partial charge in [-0.15, -0.1) is 0 Å². The van der Waals surface area contributed by atoms with Crippen LogP contribution in [0.25, 0.3) is 0 Å². The van der Waals surface area contributed by atoms with E-state index in [-0.39, 0.29) is 27.3 Å². The third-order valence-electron chi connectivity index (χ3n) is 4.96. The van der Waals surface area contributed by atoms with E-state index in [1.807, 2.05) is 6.07 Å². The largest absolute Gasteiger partial charge is 0.312 e. The zero-order valence-corrected chi connectivity index (χ0v) is 15.6. The lowest BCUT2D eigenvalue weighted by atomic mass is 9.84. The Labute approximate surface area is 155 Å². The maximum absolute atomic E-state index is 13.1. The number of fused-ring (bicyclic) bond motifs is 4. The number of hydrogen-bond donors (Lipinski definition) is 0. The van der Waals surface area contributed by atoms with Gasteiger partial charge < -0.3 is 4.57 Å². The first kappa shape index (κ1) is 17.1. The quantitative estimate of drug-likeness (QED) is 0.780. The molecule has 2 atom stereocenters. The third-order valence-corrected chi connectivity index (χ3v) is 7.51. The predicted molar refractivity (Wildman–Crippen MR) is 96.8 cm³/mol. The van der Waals surface area contributed by atoms with Gasteiger partial charge in [-0.3, -0.25) is 4.79 Å². The smallest absolute Gasteiger partial charge is 0.250 e. The molecule has 8 heteroatoms. The van der Waals surface area contributed by atoms with Gasteiger partial charge in [-0.1, -0.05) is 29.3 Å². The normalized spacial score (nSPS) is 23.3. The van der Waals surface area contributed by atoms with E-state index in [0.29, 0.717) is 24.7 Å². The lowest BCUT2D eigenvalue weighted by molar-refractivity contribution is 0.186. The molecule has 0 amide bonds.